The molecule has 0 atom stereocenters. The third-order valence-electron chi connectivity index (χ3n) is 4.87. The molecule has 1 aliphatic rings. The number of fused-ring (bicyclic) bond motifs is 1. The van der Waals surface area contributed by atoms with Gasteiger partial charge >= 0.3 is 0 Å². The number of amides is 1. The molecule has 6 heteroatoms. The van der Waals surface area contributed by atoms with E-state index in [2.05, 4.69) is 4.90 Å². The van der Waals surface area contributed by atoms with Crippen LogP contribution >= 0.6 is 22.9 Å². The lowest BCUT2D eigenvalue weighted by Crippen LogP contribution is -2.48. The molecule has 0 aliphatic carbocycles. The summed E-state index contributed by atoms with van der Waals surface area (Å²) in [5.74, 6) is 0.104. The van der Waals surface area contributed by atoms with Gasteiger partial charge in [0, 0.05) is 47.2 Å². The number of rotatable bonds is 3. The Morgan fingerprint density at radius 1 is 0.963 bits per heavy atom. The molecule has 0 N–H and O–H groups in total. The number of carbonyl (C=O) groups excluding carboxylic acids is 2. The van der Waals surface area contributed by atoms with Crippen molar-refractivity contribution in [1.29, 1.82) is 0 Å². The molecule has 0 bridgehead atoms. The average Bonchev–Trinajstić information content (AvgIpc) is 3.12. The summed E-state index contributed by atoms with van der Waals surface area (Å²) in [6.45, 7) is 4.52. The number of nitrogens with zero attached hydrogens (tertiary/aromatic N) is 2. The van der Waals surface area contributed by atoms with Crippen molar-refractivity contribution in [2.24, 2.45) is 0 Å². The number of ketones is 1. The van der Waals surface area contributed by atoms with E-state index in [1.807, 2.05) is 53.4 Å². The van der Waals surface area contributed by atoms with Crippen LogP contribution in [-0.2, 0) is 0 Å². The molecule has 27 heavy (non-hydrogen) atoms. The molecule has 4 nitrogen and oxygen atoms in total. The first-order valence-corrected chi connectivity index (χ1v) is 10.0. The van der Waals surface area contributed by atoms with Crippen molar-refractivity contribution in [2.75, 3.05) is 31.1 Å². The Balaban J connectivity index is 1.46. The Morgan fingerprint density at radius 3 is 2.33 bits per heavy atom. The highest BCUT2D eigenvalue weighted by atomic mass is 35.5. The summed E-state index contributed by atoms with van der Waals surface area (Å²) in [6.07, 6.45) is 0. The number of hydrogen-bond donors (Lipinski definition) is 0. The predicted molar refractivity (Wildman–Crippen MR) is 111 cm³/mol. The summed E-state index contributed by atoms with van der Waals surface area (Å²) in [5.41, 5.74) is 1.81. The molecule has 1 aliphatic heterocycles. The molecule has 1 aromatic heterocycles. The topological polar surface area (TPSA) is 40.6 Å². The lowest BCUT2D eigenvalue weighted by atomic mass is 10.1. The Hall–Kier alpha value is -2.37. The van der Waals surface area contributed by atoms with E-state index in [0.29, 0.717) is 18.7 Å². The van der Waals surface area contributed by atoms with E-state index in [4.69, 9.17) is 11.6 Å². The molecular formula is C21H19ClN2O2S. The number of halogens is 1. The maximum absolute atomic E-state index is 12.9. The normalized spacial score (nSPS) is 14.6. The summed E-state index contributed by atoms with van der Waals surface area (Å²) >= 11 is 7.40. The van der Waals surface area contributed by atoms with E-state index in [1.165, 1.54) is 11.3 Å². The second-order valence-corrected chi connectivity index (χ2v) is 8.20. The predicted octanol–water partition coefficient (Wildman–Crippen LogP) is 4.72. The Kier molecular flexibility index (Phi) is 4.89. The lowest BCUT2D eigenvalue weighted by molar-refractivity contribution is 0.0747. The molecule has 1 fully saturated rings. The fraction of sp³-hybridized carbons (Fsp3) is 0.238. The van der Waals surface area contributed by atoms with Crippen LogP contribution < -0.4 is 4.90 Å². The first-order chi connectivity index (χ1) is 13.0. The van der Waals surface area contributed by atoms with Crippen molar-refractivity contribution in [1.82, 2.24) is 4.90 Å². The Morgan fingerprint density at radius 2 is 1.67 bits per heavy atom. The Labute approximate surface area is 167 Å². The SMILES string of the molecule is CC(=O)c1cc2ccc(C(=O)N3CCN(c4ccc(Cl)cc4)CC3)cc2s1. The highest BCUT2D eigenvalue weighted by Gasteiger charge is 2.22. The first kappa shape index (κ1) is 18.0. The molecule has 1 saturated heterocycles. The highest BCUT2D eigenvalue weighted by Crippen LogP contribution is 2.28. The van der Waals surface area contributed by atoms with E-state index in [9.17, 15) is 9.59 Å². The van der Waals surface area contributed by atoms with Gasteiger partial charge < -0.3 is 9.80 Å². The standard InChI is InChI=1S/C21H19ClN2O2S/c1-14(25)19-12-15-2-3-16(13-20(15)27-19)21(26)24-10-8-23(9-11-24)18-6-4-17(22)5-7-18/h2-7,12-13H,8-11H2,1H3. The number of anilines is 1. The van der Waals surface area contributed by atoms with Crippen molar-refractivity contribution in [3.63, 3.8) is 0 Å². The van der Waals surface area contributed by atoms with Crippen LogP contribution in [-0.4, -0.2) is 42.8 Å². The van der Waals surface area contributed by atoms with Crippen molar-refractivity contribution in [2.45, 2.75) is 6.92 Å². The zero-order valence-electron chi connectivity index (χ0n) is 14.9. The van der Waals surface area contributed by atoms with Gasteiger partial charge in [-0.2, -0.15) is 0 Å². The van der Waals surface area contributed by atoms with Crippen LogP contribution in [0.1, 0.15) is 27.0 Å². The van der Waals surface area contributed by atoms with Gasteiger partial charge in [-0.05, 0) is 54.8 Å². The van der Waals surface area contributed by atoms with Crippen LogP contribution in [0.3, 0.4) is 0 Å². The number of benzene rings is 2. The maximum Gasteiger partial charge on any atom is 0.254 e. The van der Waals surface area contributed by atoms with Gasteiger partial charge in [0.2, 0.25) is 0 Å². The van der Waals surface area contributed by atoms with Crippen molar-refractivity contribution in [3.8, 4) is 0 Å². The van der Waals surface area contributed by atoms with Crippen molar-refractivity contribution in [3.05, 3.63) is 64.0 Å². The third kappa shape index (κ3) is 3.70. The smallest absolute Gasteiger partial charge is 0.254 e. The van der Waals surface area contributed by atoms with E-state index < -0.39 is 0 Å². The monoisotopic (exact) mass is 398 g/mol. The van der Waals surface area contributed by atoms with Crippen LogP contribution in [0, 0.1) is 0 Å². The minimum Gasteiger partial charge on any atom is -0.368 e. The summed E-state index contributed by atoms with van der Waals surface area (Å²) in [5, 5.41) is 1.73. The second kappa shape index (κ2) is 7.33. The van der Waals surface area contributed by atoms with Gasteiger partial charge in [-0.3, -0.25) is 9.59 Å². The minimum absolute atomic E-state index is 0.0467. The number of carbonyl (C=O) groups is 2. The molecule has 0 saturated carbocycles. The maximum atomic E-state index is 12.9. The zero-order valence-corrected chi connectivity index (χ0v) is 16.5. The largest absolute Gasteiger partial charge is 0.368 e. The van der Waals surface area contributed by atoms with Gasteiger partial charge in [0.1, 0.15) is 0 Å². The van der Waals surface area contributed by atoms with Crippen LogP contribution in [0.15, 0.2) is 48.5 Å². The van der Waals surface area contributed by atoms with E-state index in [0.717, 1.165) is 38.8 Å². The van der Waals surface area contributed by atoms with Crippen molar-refractivity contribution < 1.29 is 9.59 Å². The average molecular weight is 399 g/mol. The molecule has 0 radical (unpaired) electrons. The van der Waals surface area contributed by atoms with Gasteiger partial charge in [0.15, 0.2) is 5.78 Å². The zero-order chi connectivity index (χ0) is 19.0. The van der Waals surface area contributed by atoms with Crippen molar-refractivity contribution >= 4 is 50.4 Å². The number of hydrogen-bond acceptors (Lipinski definition) is 4. The van der Waals surface area contributed by atoms with Gasteiger partial charge in [0.25, 0.3) is 5.91 Å². The van der Waals surface area contributed by atoms with Gasteiger partial charge in [-0.25, -0.2) is 0 Å². The molecule has 3 aromatic rings. The highest BCUT2D eigenvalue weighted by molar-refractivity contribution is 7.20. The minimum atomic E-state index is 0.0467. The number of Topliss-reactive ketones (excluding diaryl/α,β-unsaturated/α-hetero) is 1. The molecule has 4 rings (SSSR count). The van der Waals surface area contributed by atoms with Crippen LogP contribution in [0.2, 0.25) is 5.02 Å². The second-order valence-electron chi connectivity index (χ2n) is 6.68. The molecular weight excluding hydrogens is 380 g/mol. The molecule has 0 spiro atoms. The summed E-state index contributed by atoms with van der Waals surface area (Å²) in [4.78, 5) is 29.4. The van der Waals surface area contributed by atoms with Gasteiger partial charge in [0.05, 0.1) is 4.88 Å². The third-order valence-corrected chi connectivity index (χ3v) is 6.32. The summed E-state index contributed by atoms with van der Waals surface area (Å²) < 4.78 is 0.978. The lowest BCUT2D eigenvalue weighted by Gasteiger charge is -2.36. The van der Waals surface area contributed by atoms with E-state index in [1.54, 1.807) is 6.92 Å². The number of piperazine rings is 1. The fourth-order valence-corrected chi connectivity index (χ4v) is 4.46. The fourth-order valence-electron chi connectivity index (χ4n) is 3.34. The van der Waals surface area contributed by atoms with Crippen LogP contribution in [0.25, 0.3) is 10.1 Å². The Bertz CT molecular complexity index is 1000. The van der Waals surface area contributed by atoms with Crippen LogP contribution in [0.5, 0.6) is 0 Å². The first-order valence-electron chi connectivity index (χ1n) is 8.85. The van der Waals surface area contributed by atoms with E-state index in [-0.39, 0.29) is 11.7 Å². The number of thiophene rings is 1. The van der Waals surface area contributed by atoms with Gasteiger partial charge in [-0.15, -0.1) is 11.3 Å². The molecule has 2 heterocycles. The summed E-state index contributed by atoms with van der Waals surface area (Å²) in [6, 6.07) is 15.4. The van der Waals surface area contributed by atoms with Crippen LogP contribution in [0.4, 0.5) is 5.69 Å². The van der Waals surface area contributed by atoms with E-state index >= 15 is 0 Å². The molecule has 138 valence electrons. The molecule has 0 unspecified atom stereocenters. The molecule has 1 amide bonds. The van der Waals surface area contributed by atoms with Gasteiger partial charge in [-0.1, -0.05) is 17.7 Å². The quantitative estimate of drug-likeness (QED) is 0.599. The molecule has 2 aromatic carbocycles. The summed E-state index contributed by atoms with van der Waals surface area (Å²) in [7, 11) is 0.